The minimum Gasteiger partial charge on any atom is -0.0952 e. The Balaban J connectivity index is 1.69. The van der Waals surface area contributed by atoms with E-state index in [0.717, 1.165) is 25.7 Å². The van der Waals surface area contributed by atoms with Crippen molar-refractivity contribution in [2.24, 2.45) is 11.3 Å². The molecule has 43 heavy (non-hydrogen) atoms. The fourth-order valence-electron chi connectivity index (χ4n) is 6.87. The first-order chi connectivity index (χ1) is 20.2. The standard InChI is InChI=1S/C43H52/c1-11-33-14-16-34(17-15-33)28-43(37-19-12-30(4)13-20-37,26-32(6)36-18-21-39-40(25-36)42(39,9)10)38-23-31(5)22-35(24-38)27-41(7,8)29(2)3/h12-25,29H,6,11,26-28H2,1-5,7-10H3. The summed E-state index contributed by atoms with van der Waals surface area (Å²) in [6.45, 7) is 25.7. The van der Waals surface area contributed by atoms with Gasteiger partial charge < -0.3 is 0 Å². The first kappa shape index (κ1) is 31.1. The van der Waals surface area contributed by atoms with Crippen LogP contribution in [0.3, 0.4) is 0 Å². The molecule has 224 valence electrons. The fourth-order valence-corrected chi connectivity index (χ4v) is 6.87. The molecule has 5 rings (SSSR count). The number of hydrogen-bond acceptors (Lipinski definition) is 0. The van der Waals surface area contributed by atoms with E-state index in [0.29, 0.717) is 5.92 Å². The molecule has 0 saturated heterocycles. The minimum atomic E-state index is -0.260. The number of rotatable bonds is 11. The van der Waals surface area contributed by atoms with Crippen LogP contribution < -0.4 is 0 Å². The summed E-state index contributed by atoms with van der Waals surface area (Å²) in [6, 6.07) is 33.1. The average Bonchev–Trinajstić information content (AvgIpc) is 3.52. The van der Waals surface area contributed by atoms with E-state index in [2.05, 4.69) is 147 Å². The van der Waals surface area contributed by atoms with Gasteiger partial charge in [0.1, 0.15) is 0 Å². The highest BCUT2D eigenvalue weighted by Gasteiger charge is 2.42. The molecule has 0 radical (unpaired) electrons. The topological polar surface area (TPSA) is 0 Å². The van der Waals surface area contributed by atoms with E-state index in [9.17, 15) is 0 Å². The number of benzene rings is 4. The van der Waals surface area contributed by atoms with Crippen molar-refractivity contribution >= 4 is 5.57 Å². The van der Waals surface area contributed by atoms with E-state index in [1.54, 1.807) is 0 Å². The van der Waals surface area contributed by atoms with Crippen molar-refractivity contribution in [2.75, 3.05) is 0 Å². The molecule has 1 aliphatic carbocycles. The van der Waals surface area contributed by atoms with Gasteiger partial charge in [0.15, 0.2) is 0 Å². The smallest absolute Gasteiger partial charge is 0.0283 e. The van der Waals surface area contributed by atoms with Crippen LogP contribution in [0.25, 0.3) is 5.57 Å². The van der Waals surface area contributed by atoms with Crippen LogP contribution in [-0.4, -0.2) is 0 Å². The zero-order valence-corrected chi connectivity index (χ0v) is 28.2. The van der Waals surface area contributed by atoms with Gasteiger partial charge in [-0.25, -0.2) is 0 Å². The van der Waals surface area contributed by atoms with Crippen LogP contribution in [0.2, 0.25) is 0 Å². The molecule has 0 heteroatoms. The van der Waals surface area contributed by atoms with Gasteiger partial charge in [0.25, 0.3) is 0 Å². The first-order valence-electron chi connectivity index (χ1n) is 16.3. The molecule has 1 unspecified atom stereocenters. The Labute approximate surface area is 262 Å². The van der Waals surface area contributed by atoms with E-state index in [-0.39, 0.29) is 16.2 Å². The van der Waals surface area contributed by atoms with Crippen molar-refractivity contribution in [1.82, 2.24) is 0 Å². The third-order valence-corrected chi connectivity index (χ3v) is 10.7. The van der Waals surface area contributed by atoms with Gasteiger partial charge in [-0.2, -0.15) is 0 Å². The summed E-state index contributed by atoms with van der Waals surface area (Å²) in [5.41, 5.74) is 15.2. The highest BCUT2D eigenvalue weighted by Crippen LogP contribution is 2.51. The number of aryl methyl sites for hydroxylation is 3. The van der Waals surface area contributed by atoms with Gasteiger partial charge in [-0.15, -0.1) is 0 Å². The summed E-state index contributed by atoms with van der Waals surface area (Å²) < 4.78 is 0. The Kier molecular flexibility index (Phi) is 8.38. The molecule has 0 aromatic heterocycles. The molecule has 0 saturated carbocycles. The maximum Gasteiger partial charge on any atom is 0.0283 e. The molecule has 0 bridgehead atoms. The van der Waals surface area contributed by atoms with Crippen molar-refractivity contribution in [3.63, 3.8) is 0 Å². The van der Waals surface area contributed by atoms with Gasteiger partial charge in [-0.05, 0) is 101 Å². The maximum absolute atomic E-state index is 4.79. The lowest BCUT2D eigenvalue weighted by atomic mass is 9.65. The van der Waals surface area contributed by atoms with Crippen LogP contribution in [0.5, 0.6) is 0 Å². The quantitative estimate of drug-likeness (QED) is 0.169. The SMILES string of the molecule is C=C(CC(Cc1ccc(CC)cc1)(c1ccc(C)cc1)c1cc(C)cc(CC(C)(C)C(C)C)c1)c1ccc2c(c1)C2(C)C. The highest BCUT2D eigenvalue weighted by atomic mass is 14.4. The van der Waals surface area contributed by atoms with E-state index < -0.39 is 0 Å². The van der Waals surface area contributed by atoms with Gasteiger partial charge in [-0.3, -0.25) is 0 Å². The average molecular weight is 569 g/mol. The van der Waals surface area contributed by atoms with Gasteiger partial charge in [-0.1, -0.05) is 151 Å². The summed E-state index contributed by atoms with van der Waals surface area (Å²) in [6.07, 6.45) is 3.91. The zero-order valence-electron chi connectivity index (χ0n) is 28.2. The lowest BCUT2D eigenvalue weighted by Gasteiger charge is -2.38. The van der Waals surface area contributed by atoms with Crippen LogP contribution in [0.15, 0.2) is 91.5 Å². The molecule has 0 N–H and O–H groups in total. The molecule has 0 nitrogen and oxygen atoms in total. The molecule has 4 aromatic carbocycles. The molecule has 0 heterocycles. The normalized spacial score (nSPS) is 15.2. The van der Waals surface area contributed by atoms with Crippen LogP contribution >= 0.6 is 0 Å². The minimum absolute atomic E-state index is 0.197. The van der Waals surface area contributed by atoms with Crippen LogP contribution in [0.4, 0.5) is 0 Å². The number of hydrogen-bond donors (Lipinski definition) is 0. The number of allylic oxidation sites excluding steroid dienone is 1. The monoisotopic (exact) mass is 568 g/mol. The lowest BCUT2D eigenvalue weighted by molar-refractivity contribution is 0.248. The second kappa shape index (κ2) is 11.6. The third-order valence-electron chi connectivity index (χ3n) is 10.7. The Morgan fingerprint density at radius 3 is 1.95 bits per heavy atom. The van der Waals surface area contributed by atoms with E-state index >= 15 is 0 Å². The summed E-state index contributed by atoms with van der Waals surface area (Å²) in [5, 5.41) is 0. The van der Waals surface area contributed by atoms with E-state index in [4.69, 9.17) is 6.58 Å². The summed E-state index contributed by atoms with van der Waals surface area (Å²) in [5.74, 6) is 0.603. The van der Waals surface area contributed by atoms with Crippen molar-refractivity contribution in [1.29, 1.82) is 0 Å². The van der Waals surface area contributed by atoms with Crippen molar-refractivity contribution < 1.29 is 0 Å². The lowest BCUT2D eigenvalue weighted by Crippen LogP contribution is -2.32. The predicted molar refractivity (Wildman–Crippen MR) is 187 cm³/mol. The molecule has 4 aromatic rings. The Bertz CT molecular complexity index is 1610. The first-order valence-corrected chi connectivity index (χ1v) is 16.3. The molecule has 1 aliphatic rings. The molecular formula is C43H52. The Hall–Kier alpha value is -3.38. The van der Waals surface area contributed by atoms with Crippen molar-refractivity contribution in [2.45, 2.75) is 98.8 Å². The van der Waals surface area contributed by atoms with Crippen LogP contribution in [0, 0.1) is 25.2 Å². The molecule has 0 aliphatic heterocycles. The zero-order chi connectivity index (χ0) is 31.2. The second-order valence-electron chi connectivity index (χ2n) is 15.0. The third kappa shape index (κ3) is 6.31. The molecule has 1 atom stereocenters. The summed E-state index contributed by atoms with van der Waals surface area (Å²) in [4.78, 5) is 0. The van der Waals surface area contributed by atoms with Crippen molar-refractivity contribution in [3.8, 4) is 0 Å². The summed E-state index contributed by atoms with van der Waals surface area (Å²) >= 11 is 0. The molecule has 0 spiro atoms. The van der Waals surface area contributed by atoms with Gasteiger partial charge in [0, 0.05) is 10.8 Å². The van der Waals surface area contributed by atoms with Crippen LogP contribution in [0.1, 0.15) is 111 Å². The molecule has 0 fully saturated rings. The second-order valence-corrected chi connectivity index (χ2v) is 15.0. The summed E-state index contributed by atoms with van der Waals surface area (Å²) in [7, 11) is 0. The highest BCUT2D eigenvalue weighted by molar-refractivity contribution is 5.72. The van der Waals surface area contributed by atoms with Gasteiger partial charge in [0.2, 0.25) is 0 Å². The van der Waals surface area contributed by atoms with Crippen LogP contribution in [-0.2, 0) is 30.1 Å². The fraction of sp³-hybridized carbons (Fsp3) is 0.395. The molecule has 0 amide bonds. The van der Waals surface area contributed by atoms with Gasteiger partial charge >= 0.3 is 0 Å². The predicted octanol–water partition coefficient (Wildman–Crippen LogP) is 11.4. The Morgan fingerprint density at radius 2 is 1.35 bits per heavy atom. The Morgan fingerprint density at radius 1 is 0.698 bits per heavy atom. The van der Waals surface area contributed by atoms with E-state index in [1.165, 1.54) is 61.2 Å². The van der Waals surface area contributed by atoms with Gasteiger partial charge in [0.05, 0.1) is 0 Å². The maximum atomic E-state index is 4.79. The van der Waals surface area contributed by atoms with Crippen molar-refractivity contribution in [3.05, 3.63) is 147 Å². The molecular weight excluding hydrogens is 516 g/mol. The largest absolute Gasteiger partial charge is 0.0952 e. The van der Waals surface area contributed by atoms with E-state index in [1.807, 2.05) is 0 Å². The number of fused-ring (bicyclic) bond motifs is 1.